The lowest BCUT2D eigenvalue weighted by Crippen LogP contribution is -2.51. The fourth-order valence-corrected chi connectivity index (χ4v) is 6.49. The van der Waals surface area contributed by atoms with Gasteiger partial charge in [0.25, 0.3) is 23.6 Å². The van der Waals surface area contributed by atoms with Gasteiger partial charge in [0.2, 0.25) is 5.91 Å². The number of aromatic nitrogens is 1. The molecule has 13 heteroatoms. The fraction of sp³-hybridized carbons (Fsp3) is 0.324. The fourth-order valence-electron chi connectivity index (χ4n) is 6.49. The number of amides is 5. The minimum absolute atomic E-state index is 0.279. The Balaban J connectivity index is 0.890. The van der Waals surface area contributed by atoms with Gasteiger partial charge in [-0.25, -0.2) is 4.39 Å². The van der Waals surface area contributed by atoms with Crippen molar-refractivity contribution in [1.29, 1.82) is 0 Å². The van der Waals surface area contributed by atoms with Crippen LogP contribution < -0.4 is 16.0 Å². The monoisotopic (exact) mass is 683 g/mol. The van der Waals surface area contributed by atoms with E-state index in [4.69, 9.17) is 9.47 Å². The van der Waals surface area contributed by atoms with Crippen LogP contribution in [0.2, 0.25) is 0 Å². The molecule has 2 aromatic carbocycles. The molecule has 4 N–H and O–H groups in total. The van der Waals surface area contributed by atoms with Gasteiger partial charge >= 0.3 is 0 Å². The summed E-state index contributed by atoms with van der Waals surface area (Å²) in [5.74, 6) is -2.36. The van der Waals surface area contributed by atoms with E-state index in [9.17, 15) is 28.4 Å². The average molecular weight is 684 g/mol. The van der Waals surface area contributed by atoms with Crippen LogP contribution in [0.4, 0.5) is 10.1 Å². The summed E-state index contributed by atoms with van der Waals surface area (Å²) in [6.45, 7) is 9.05. The zero-order valence-corrected chi connectivity index (χ0v) is 27.9. The van der Waals surface area contributed by atoms with Gasteiger partial charge in [0, 0.05) is 41.5 Å². The molecule has 5 amide bonds. The maximum Gasteiger partial charge on any atom is 0.262 e. The number of aryl methyl sites for hydroxylation is 2. The van der Waals surface area contributed by atoms with Crippen molar-refractivity contribution in [2.75, 3.05) is 38.3 Å². The number of hydrogen-bond acceptors (Lipinski definition) is 7. The first kappa shape index (κ1) is 34.5. The molecule has 0 bridgehead atoms. The molecule has 3 aromatic rings. The van der Waals surface area contributed by atoms with Crippen molar-refractivity contribution in [3.63, 3.8) is 0 Å². The molecule has 0 aliphatic carbocycles. The summed E-state index contributed by atoms with van der Waals surface area (Å²) in [5, 5.41) is 8.21. The number of halogens is 1. The SMILES string of the molecule is C=C1CCC(N2C(=O)c3ccc(CCCOCCOCCNC(=O)c4c(C)[nH]c(/C=C5\C(=O)Nc6ccc(F)cc65)c4C)cc3C2=O)C(=O)N1. The Bertz CT molecular complexity index is 1950. The van der Waals surface area contributed by atoms with Crippen LogP contribution in [-0.4, -0.2) is 78.4 Å². The number of carbonyl (C=O) groups excluding carboxylic acids is 5. The predicted molar refractivity (Wildman–Crippen MR) is 183 cm³/mol. The predicted octanol–water partition coefficient (Wildman–Crippen LogP) is 4.05. The van der Waals surface area contributed by atoms with Crippen molar-refractivity contribution in [3.05, 3.63) is 99.3 Å². The molecule has 3 aliphatic rings. The van der Waals surface area contributed by atoms with Gasteiger partial charge in [0.05, 0.1) is 42.1 Å². The molecule has 0 spiro atoms. The van der Waals surface area contributed by atoms with Gasteiger partial charge in [-0.2, -0.15) is 0 Å². The second-order valence-corrected chi connectivity index (χ2v) is 12.5. The van der Waals surface area contributed by atoms with E-state index in [1.165, 1.54) is 18.2 Å². The number of nitrogens with zero attached hydrogens (tertiary/aromatic N) is 1. The molecule has 1 aromatic heterocycles. The Hall–Kier alpha value is -5.40. The van der Waals surface area contributed by atoms with E-state index in [2.05, 4.69) is 27.5 Å². The summed E-state index contributed by atoms with van der Waals surface area (Å²) in [4.78, 5) is 68.1. The molecule has 4 heterocycles. The Morgan fingerprint density at radius 1 is 0.980 bits per heavy atom. The molecule has 1 saturated heterocycles. The highest BCUT2D eigenvalue weighted by molar-refractivity contribution is 6.35. The van der Waals surface area contributed by atoms with Crippen LogP contribution in [0.25, 0.3) is 11.6 Å². The van der Waals surface area contributed by atoms with E-state index in [0.717, 1.165) is 10.5 Å². The number of fused-ring (bicyclic) bond motifs is 2. The zero-order valence-electron chi connectivity index (χ0n) is 27.9. The molecule has 12 nitrogen and oxygen atoms in total. The molecule has 50 heavy (non-hydrogen) atoms. The van der Waals surface area contributed by atoms with E-state index in [-0.39, 0.29) is 25.0 Å². The number of hydrogen-bond donors (Lipinski definition) is 4. The van der Waals surface area contributed by atoms with E-state index < -0.39 is 29.6 Å². The van der Waals surface area contributed by atoms with Crippen molar-refractivity contribution < 1.29 is 37.8 Å². The first-order valence-corrected chi connectivity index (χ1v) is 16.5. The molecule has 260 valence electrons. The summed E-state index contributed by atoms with van der Waals surface area (Å²) in [7, 11) is 0. The number of anilines is 1. The maximum absolute atomic E-state index is 13.8. The van der Waals surface area contributed by atoms with Crippen LogP contribution in [-0.2, 0) is 25.5 Å². The number of carbonyl (C=O) groups is 5. The third-order valence-corrected chi connectivity index (χ3v) is 9.03. The lowest BCUT2D eigenvalue weighted by atomic mass is 10.0. The summed E-state index contributed by atoms with van der Waals surface area (Å²) in [5.41, 5.74) is 5.78. The van der Waals surface area contributed by atoms with Crippen molar-refractivity contribution >= 4 is 46.9 Å². The Morgan fingerprint density at radius 3 is 2.52 bits per heavy atom. The van der Waals surface area contributed by atoms with Gasteiger partial charge in [-0.3, -0.25) is 28.9 Å². The smallest absolute Gasteiger partial charge is 0.262 e. The number of piperidine rings is 1. The van der Waals surface area contributed by atoms with Gasteiger partial charge < -0.3 is 30.4 Å². The molecule has 1 atom stereocenters. The van der Waals surface area contributed by atoms with E-state index in [1.807, 2.05) is 6.07 Å². The van der Waals surface area contributed by atoms with Gasteiger partial charge in [-0.1, -0.05) is 12.6 Å². The standard InChI is InChI=1S/C37H38FN5O7/c1-20-6-11-31(34(45)40-20)43-36(47)25-9-7-23(17-28(25)37(43)48)5-4-13-49-15-16-50-14-12-39-35(46)32-21(2)30(41-22(32)3)19-27-26-18-24(38)8-10-29(26)42-33(27)44/h7-10,17-19,31,41H,1,4-6,11-16H2,2-3H3,(H,39,46)(H,40,45)(H,42,44)/b27-19-. The minimum Gasteiger partial charge on any atom is -0.379 e. The Kier molecular flexibility index (Phi) is 10.1. The lowest BCUT2D eigenvalue weighted by Gasteiger charge is -2.29. The number of aromatic amines is 1. The topological polar surface area (TPSA) is 159 Å². The highest BCUT2D eigenvalue weighted by atomic mass is 19.1. The van der Waals surface area contributed by atoms with Gasteiger partial charge in [0.15, 0.2) is 0 Å². The van der Waals surface area contributed by atoms with Crippen LogP contribution in [0.1, 0.15) is 78.4 Å². The largest absolute Gasteiger partial charge is 0.379 e. The number of imide groups is 1. The second-order valence-electron chi connectivity index (χ2n) is 12.5. The van der Waals surface area contributed by atoms with Crippen molar-refractivity contribution in [2.24, 2.45) is 0 Å². The Morgan fingerprint density at radius 2 is 1.74 bits per heavy atom. The number of H-pyrrole nitrogens is 1. The van der Waals surface area contributed by atoms with Crippen LogP contribution in [0.15, 0.2) is 48.7 Å². The molecule has 0 saturated carbocycles. The van der Waals surface area contributed by atoms with Crippen LogP contribution in [0, 0.1) is 19.7 Å². The normalized spacial score (nSPS) is 17.7. The summed E-state index contributed by atoms with van der Waals surface area (Å²) >= 11 is 0. The summed E-state index contributed by atoms with van der Waals surface area (Å²) < 4.78 is 25.1. The van der Waals surface area contributed by atoms with E-state index in [1.54, 1.807) is 32.1 Å². The number of allylic oxidation sites excluding steroid dienone is 1. The third-order valence-electron chi connectivity index (χ3n) is 9.03. The molecule has 3 aliphatic heterocycles. The van der Waals surface area contributed by atoms with Crippen LogP contribution in [0.5, 0.6) is 0 Å². The lowest BCUT2D eigenvalue weighted by molar-refractivity contribution is -0.125. The first-order valence-electron chi connectivity index (χ1n) is 16.5. The number of ether oxygens (including phenoxy) is 2. The third kappa shape index (κ3) is 7.00. The molecular formula is C37H38FN5O7. The quantitative estimate of drug-likeness (QED) is 0.120. The van der Waals surface area contributed by atoms with Crippen LogP contribution >= 0.6 is 0 Å². The average Bonchev–Trinajstić information content (AvgIpc) is 3.64. The van der Waals surface area contributed by atoms with Crippen molar-refractivity contribution in [2.45, 2.75) is 45.6 Å². The van der Waals surface area contributed by atoms with Crippen LogP contribution in [0.3, 0.4) is 0 Å². The molecular weight excluding hydrogens is 645 g/mol. The number of rotatable bonds is 13. The first-order chi connectivity index (χ1) is 24.0. The number of benzene rings is 2. The van der Waals surface area contributed by atoms with Gasteiger partial charge in [-0.15, -0.1) is 0 Å². The minimum atomic E-state index is -0.838. The summed E-state index contributed by atoms with van der Waals surface area (Å²) in [6, 6.07) is 8.45. The van der Waals surface area contributed by atoms with Crippen molar-refractivity contribution in [1.82, 2.24) is 20.5 Å². The second kappa shape index (κ2) is 14.6. The van der Waals surface area contributed by atoms with E-state index in [0.29, 0.717) is 102 Å². The number of nitrogens with one attached hydrogen (secondary N) is 4. The molecule has 6 rings (SSSR count). The molecule has 1 unspecified atom stereocenters. The molecule has 1 fully saturated rings. The van der Waals surface area contributed by atoms with Crippen molar-refractivity contribution in [3.8, 4) is 0 Å². The van der Waals surface area contributed by atoms with Gasteiger partial charge in [-0.05, 0) is 87.1 Å². The highest BCUT2D eigenvalue weighted by Gasteiger charge is 2.44. The van der Waals surface area contributed by atoms with Gasteiger partial charge in [0.1, 0.15) is 11.9 Å². The summed E-state index contributed by atoms with van der Waals surface area (Å²) in [6.07, 6.45) is 3.83. The zero-order chi connectivity index (χ0) is 35.5. The maximum atomic E-state index is 13.8. The molecule has 0 radical (unpaired) electrons. The Labute approximate surface area is 288 Å². The highest BCUT2D eigenvalue weighted by Crippen LogP contribution is 2.34. The van der Waals surface area contributed by atoms with E-state index >= 15 is 0 Å².